The van der Waals surface area contributed by atoms with Gasteiger partial charge in [-0.3, -0.25) is 14.6 Å². The Balaban J connectivity index is 1.88. The van der Waals surface area contributed by atoms with Crippen molar-refractivity contribution in [3.63, 3.8) is 0 Å². The number of benzene rings is 1. The molecule has 1 fully saturated rings. The van der Waals surface area contributed by atoms with Crippen molar-refractivity contribution in [3.05, 3.63) is 34.9 Å². The molecule has 1 aromatic carbocycles. The van der Waals surface area contributed by atoms with Crippen molar-refractivity contribution < 1.29 is 9.59 Å². The van der Waals surface area contributed by atoms with Gasteiger partial charge in [0.15, 0.2) is 0 Å². The maximum Gasteiger partial charge on any atom is 0.150 e. The van der Waals surface area contributed by atoms with E-state index in [9.17, 15) is 9.59 Å². The summed E-state index contributed by atoms with van der Waals surface area (Å²) in [6, 6.07) is 5.76. The topological polar surface area (TPSA) is 46.5 Å². The second-order valence-electron chi connectivity index (χ2n) is 7.56. The first-order valence-electron chi connectivity index (χ1n) is 8.68. The minimum absolute atomic E-state index is 0.183. The zero-order chi connectivity index (χ0) is 16.4. The summed E-state index contributed by atoms with van der Waals surface area (Å²) >= 11 is 0. The number of ketones is 1. The van der Waals surface area contributed by atoms with Gasteiger partial charge in [0.05, 0.1) is 11.3 Å². The quantitative estimate of drug-likeness (QED) is 0.784. The molecule has 1 heterocycles. The van der Waals surface area contributed by atoms with Crippen LogP contribution in [0.15, 0.2) is 23.2 Å². The first-order valence-corrected chi connectivity index (χ1v) is 8.68. The highest BCUT2D eigenvalue weighted by Crippen LogP contribution is 2.31. The van der Waals surface area contributed by atoms with Gasteiger partial charge in [-0.2, -0.15) is 0 Å². The van der Waals surface area contributed by atoms with Gasteiger partial charge in [-0.25, -0.2) is 0 Å². The lowest BCUT2D eigenvalue weighted by atomic mass is 9.81. The SMILES string of the molecule is CC1(C)Cc2ccc(C=O)cc2C(CC(=O)C2CCCCC2)=N1. The van der Waals surface area contributed by atoms with Crippen LogP contribution in [0.25, 0.3) is 0 Å². The summed E-state index contributed by atoms with van der Waals surface area (Å²) < 4.78 is 0. The molecule has 1 aliphatic heterocycles. The number of hydrogen-bond acceptors (Lipinski definition) is 3. The molecule has 0 bridgehead atoms. The largest absolute Gasteiger partial charge is 0.299 e. The Morgan fingerprint density at radius 2 is 2.00 bits per heavy atom. The summed E-state index contributed by atoms with van der Waals surface area (Å²) in [5.41, 5.74) is 3.54. The van der Waals surface area contributed by atoms with Gasteiger partial charge in [0, 0.05) is 17.9 Å². The molecule has 3 rings (SSSR count). The third-order valence-corrected chi connectivity index (χ3v) is 5.04. The average Bonchev–Trinajstić information content (AvgIpc) is 2.54. The number of aliphatic imine (C=N–C) groups is 1. The van der Waals surface area contributed by atoms with Gasteiger partial charge in [-0.15, -0.1) is 0 Å². The molecule has 0 saturated heterocycles. The molecule has 3 nitrogen and oxygen atoms in total. The molecule has 23 heavy (non-hydrogen) atoms. The fourth-order valence-electron chi connectivity index (χ4n) is 3.89. The molecule has 1 aliphatic carbocycles. The van der Waals surface area contributed by atoms with Gasteiger partial charge in [-0.1, -0.05) is 31.4 Å². The number of Topliss-reactive ketones (excluding diaryl/α,β-unsaturated/α-hetero) is 1. The molecule has 122 valence electrons. The van der Waals surface area contributed by atoms with Crippen molar-refractivity contribution in [1.82, 2.24) is 0 Å². The van der Waals surface area contributed by atoms with Gasteiger partial charge >= 0.3 is 0 Å². The van der Waals surface area contributed by atoms with E-state index in [0.29, 0.717) is 17.8 Å². The van der Waals surface area contributed by atoms with E-state index in [1.807, 2.05) is 18.2 Å². The van der Waals surface area contributed by atoms with Crippen LogP contribution >= 0.6 is 0 Å². The van der Waals surface area contributed by atoms with Gasteiger partial charge in [0.2, 0.25) is 0 Å². The van der Waals surface area contributed by atoms with Crippen molar-refractivity contribution >= 4 is 17.8 Å². The van der Waals surface area contributed by atoms with Crippen LogP contribution in [-0.4, -0.2) is 23.3 Å². The summed E-state index contributed by atoms with van der Waals surface area (Å²) in [7, 11) is 0. The van der Waals surface area contributed by atoms with E-state index in [1.165, 1.54) is 24.8 Å². The first kappa shape index (κ1) is 16.1. The van der Waals surface area contributed by atoms with Gasteiger partial charge in [-0.05, 0) is 50.3 Å². The summed E-state index contributed by atoms with van der Waals surface area (Å²) in [4.78, 5) is 28.6. The van der Waals surface area contributed by atoms with E-state index >= 15 is 0 Å². The zero-order valence-electron chi connectivity index (χ0n) is 14.1. The second kappa shape index (κ2) is 6.38. The Labute approximate surface area is 138 Å². The number of fused-ring (bicyclic) bond motifs is 1. The number of hydrogen-bond donors (Lipinski definition) is 0. The van der Waals surface area contributed by atoms with E-state index < -0.39 is 0 Å². The van der Waals surface area contributed by atoms with Crippen molar-refractivity contribution in [2.24, 2.45) is 10.9 Å². The molecule has 0 atom stereocenters. The summed E-state index contributed by atoms with van der Waals surface area (Å²) in [6.45, 7) is 4.21. The fourth-order valence-corrected chi connectivity index (χ4v) is 3.89. The zero-order valence-corrected chi connectivity index (χ0v) is 14.1. The fraction of sp³-hybridized carbons (Fsp3) is 0.550. The van der Waals surface area contributed by atoms with Crippen LogP contribution in [0.1, 0.15) is 73.9 Å². The van der Waals surface area contributed by atoms with E-state index in [2.05, 4.69) is 13.8 Å². The Hall–Kier alpha value is -1.77. The smallest absolute Gasteiger partial charge is 0.150 e. The van der Waals surface area contributed by atoms with Crippen LogP contribution in [0.3, 0.4) is 0 Å². The molecular weight excluding hydrogens is 286 g/mol. The molecule has 2 aliphatic rings. The number of aldehydes is 1. The van der Waals surface area contributed by atoms with E-state index in [0.717, 1.165) is 36.8 Å². The summed E-state index contributed by atoms with van der Waals surface area (Å²) in [6.07, 6.45) is 7.75. The Kier molecular flexibility index (Phi) is 4.47. The molecule has 1 saturated carbocycles. The van der Waals surface area contributed by atoms with E-state index in [4.69, 9.17) is 4.99 Å². The number of carbonyl (C=O) groups excluding carboxylic acids is 2. The minimum Gasteiger partial charge on any atom is -0.299 e. The number of rotatable bonds is 4. The first-order chi connectivity index (χ1) is 11.0. The number of nitrogens with zero attached hydrogens (tertiary/aromatic N) is 1. The van der Waals surface area contributed by atoms with Crippen LogP contribution < -0.4 is 0 Å². The third-order valence-electron chi connectivity index (χ3n) is 5.04. The molecule has 0 unspecified atom stereocenters. The molecule has 0 amide bonds. The molecule has 1 aromatic rings. The Bertz CT molecular complexity index is 652. The molecule has 0 radical (unpaired) electrons. The molecule has 0 spiro atoms. The Morgan fingerprint density at radius 3 is 2.70 bits per heavy atom. The number of carbonyl (C=O) groups is 2. The van der Waals surface area contributed by atoms with Crippen molar-refractivity contribution in [1.29, 1.82) is 0 Å². The third kappa shape index (κ3) is 3.60. The van der Waals surface area contributed by atoms with Crippen LogP contribution in [0, 0.1) is 5.92 Å². The van der Waals surface area contributed by atoms with Crippen LogP contribution in [0.4, 0.5) is 0 Å². The van der Waals surface area contributed by atoms with Crippen molar-refractivity contribution in [3.8, 4) is 0 Å². The molecule has 0 aromatic heterocycles. The van der Waals surface area contributed by atoms with E-state index in [-0.39, 0.29) is 11.5 Å². The van der Waals surface area contributed by atoms with Crippen LogP contribution in [0.2, 0.25) is 0 Å². The predicted octanol–water partition coefficient (Wildman–Crippen LogP) is 4.16. The lowest BCUT2D eigenvalue weighted by Gasteiger charge is -2.30. The lowest BCUT2D eigenvalue weighted by Crippen LogP contribution is -2.31. The maximum atomic E-state index is 12.7. The van der Waals surface area contributed by atoms with E-state index in [1.54, 1.807) is 0 Å². The van der Waals surface area contributed by atoms with Gasteiger partial charge in [0.25, 0.3) is 0 Å². The van der Waals surface area contributed by atoms with Crippen LogP contribution in [0.5, 0.6) is 0 Å². The van der Waals surface area contributed by atoms with Crippen LogP contribution in [-0.2, 0) is 11.2 Å². The Morgan fingerprint density at radius 1 is 1.26 bits per heavy atom. The van der Waals surface area contributed by atoms with Crippen molar-refractivity contribution in [2.75, 3.05) is 0 Å². The minimum atomic E-state index is -0.183. The molecule has 3 heteroatoms. The monoisotopic (exact) mass is 311 g/mol. The second-order valence-corrected chi connectivity index (χ2v) is 7.56. The highest BCUT2D eigenvalue weighted by atomic mass is 16.1. The highest BCUT2D eigenvalue weighted by Gasteiger charge is 2.29. The lowest BCUT2D eigenvalue weighted by molar-refractivity contribution is -0.122. The predicted molar refractivity (Wildman–Crippen MR) is 92.3 cm³/mol. The average molecular weight is 311 g/mol. The van der Waals surface area contributed by atoms with Crippen molar-refractivity contribution in [2.45, 2.75) is 64.3 Å². The normalized spacial score (nSPS) is 20.5. The molecular formula is C20H25NO2. The maximum absolute atomic E-state index is 12.7. The molecule has 0 N–H and O–H groups in total. The summed E-state index contributed by atoms with van der Waals surface area (Å²) in [5.74, 6) is 0.526. The summed E-state index contributed by atoms with van der Waals surface area (Å²) in [5, 5.41) is 0. The van der Waals surface area contributed by atoms with Gasteiger partial charge in [0.1, 0.15) is 12.1 Å². The van der Waals surface area contributed by atoms with Gasteiger partial charge < -0.3 is 0 Å². The standard InChI is InChI=1S/C20H25NO2/c1-20(2)12-16-9-8-14(13-22)10-17(16)18(21-20)11-19(23)15-6-4-3-5-7-15/h8-10,13,15H,3-7,11-12H2,1-2H3. The highest BCUT2D eigenvalue weighted by molar-refractivity contribution is 6.13.